The minimum Gasteiger partial charge on any atom is -0.394 e. The first-order valence-electron chi connectivity index (χ1n) is 6.49. The van der Waals surface area contributed by atoms with Gasteiger partial charge in [-0.15, -0.1) is 0 Å². The fourth-order valence-corrected chi connectivity index (χ4v) is 2.05. The van der Waals surface area contributed by atoms with Gasteiger partial charge in [0, 0.05) is 12.7 Å². The van der Waals surface area contributed by atoms with Gasteiger partial charge in [0.2, 0.25) is 0 Å². The molecule has 104 valence electrons. The summed E-state index contributed by atoms with van der Waals surface area (Å²) in [4.78, 5) is 12.3. The molecule has 0 aliphatic heterocycles. The molecule has 0 aromatic heterocycles. The number of benzene rings is 2. The van der Waals surface area contributed by atoms with E-state index in [1.165, 1.54) is 0 Å². The van der Waals surface area contributed by atoms with Crippen molar-refractivity contribution in [3.8, 4) is 0 Å². The lowest BCUT2D eigenvalue weighted by Gasteiger charge is -2.18. The number of hydrogen-bond donors (Lipinski definition) is 3. The monoisotopic (exact) mass is 270 g/mol. The van der Waals surface area contributed by atoms with E-state index in [0.29, 0.717) is 5.56 Å². The molecule has 0 aliphatic carbocycles. The van der Waals surface area contributed by atoms with Gasteiger partial charge < -0.3 is 15.7 Å². The van der Waals surface area contributed by atoms with Gasteiger partial charge in [0.05, 0.1) is 18.2 Å². The standard InChI is InChI=1S/C16H18N2O2/c1-17-14-10-6-5-9-13(14)16(20)18-15(11-19)12-7-3-2-4-8-12/h2-10,15,17,19H,11H2,1H3,(H,18,20)/t15-/m1/s1. The molecule has 1 amide bonds. The molecule has 2 aromatic carbocycles. The molecule has 3 N–H and O–H groups in total. The van der Waals surface area contributed by atoms with Crippen LogP contribution in [0.5, 0.6) is 0 Å². The van der Waals surface area contributed by atoms with Crippen LogP contribution in [0.25, 0.3) is 0 Å². The maximum Gasteiger partial charge on any atom is 0.253 e. The molecule has 0 fully saturated rings. The van der Waals surface area contributed by atoms with Crippen LogP contribution >= 0.6 is 0 Å². The summed E-state index contributed by atoms with van der Waals surface area (Å²) in [5.41, 5.74) is 2.20. The van der Waals surface area contributed by atoms with Crippen molar-refractivity contribution in [2.75, 3.05) is 19.0 Å². The van der Waals surface area contributed by atoms with Crippen molar-refractivity contribution in [3.63, 3.8) is 0 Å². The number of nitrogens with one attached hydrogen (secondary N) is 2. The highest BCUT2D eigenvalue weighted by Crippen LogP contribution is 2.17. The number of carbonyl (C=O) groups excluding carboxylic acids is 1. The summed E-state index contributed by atoms with van der Waals surface area (Å²) in [7, 11) is 1.77. The minimum atomic E-state index is -0.409. The number of hydrogen-bond acceptors (Lipinski definition) is 3. The third kappa shape index (κ3) is 3.16. The van der Waals surface area contributed by atoms with Gasteiger partial charge in [-0.25, -0.2) is 0 Å². The number of aliphatic hydroxyl groups excluding tert-OH is 1. The van der Waals surface area contributed by atoms with Crippen molar-refractivity contribution < 1.29 is 9.90 Å². The van der Waals surface area contributed by atoms with Crippen molar-refractivity contribution in [3.05, 3.63) is 65.7 Å². The molecule has 4 nitrogen and oxygen atoms in total. The second kappa shape index (κ2) is 6.73. The Hall–Kier alpha value is -2.33. The predicted octanol–water partition coefficient (Wildman–Crippen LogP) is 2.19. The van der Waals surface area contributed by atoms with Gasteiger partial charge >= 0.3 is 0 Å². The Balaban J connectivity index is 2.18. The number of aliphatic hydroxyl groups is 1. The molecule has 0 heterocycles. The lowest BCUT2D eigenvalue weighted by atomic mass is 10.1. The van der Waals surface area contributed by atoms with E-state index in [2.05, 4.69) is 10.6 Å². The van der Waals surface area contributed by atoms with E-state index in [1.807, 2.05) is 48.5 Å². The van der Waals surface area contributed by atoms with Crippen molar-refractivity contribution >= 4 is 11.6 Å². The Kier molecular flexibility index (Phi) is 4.74. The number of amides is 1. The smallest absolute Gasteiger partial charge is 0.253 e. The first kappa shape index (κ1) is 14.1. The van der Waals surface area contributed by atoms with Gasteiger partial charge in [0.25, 0.3) is 5.91 Å². The molecule has 0 radical (unpaired) electrons. The highest BCUT2D eigenvalue weighted by Gasteiger charge is 2.16. The van der Waals surface area contributed by atoms with Crippen LogP contribution in [0.1, 0.15) is 22.0 Å². The molecule has 0 bridgehead atoms. The van der Waals surface area contributed by atoms with E-state index in [4.69, 9.17) is 0 Å². The van der Waals surface area contributed by atoms with Crippen molar-refractivity contribution in [1.82, 2.24) is 5.32 Å². The second-order valence-electron chi connectivity index (χ2n) is 4.41. The van der Waals surface area contributed by atoms with E-state index in [0.717, 1.165) is 11.3 Å². The number of rotatable bonds is 5. The summed E-state index contributed by atoms with van der Waals surface area (Å²) in [5, 5.41) is 15.3. The van der Waals surface area contributed by atoms with Crippen LogP contribution in [0.15, 0.2) is 54.6 Å². The Bertz CT molecular complexity index is 570. The Morgan fingerprint density at radius 1 is 1.10 bits per heavy atom. The van der Waals surface area contributed by atoms with Gasteiger partial charge in [0.15, 0.2) is 0 Å². The Morgan fingerprint density at radius 3 is 2.40 bits per heavy atom. The fraction of sp³-hybridized carbons (Fsp3) is 0.188. The molecule has 4 heteroatoms. The zero-order valence-corrected chi connectivity index (χ0v) is 11.3. The second-order valence-corrected chi connectivity index (χ2v) is 4.41. The molecule has 0 unspecified atom stereocenters. The Morgan fingerprint density at radius 2 is 1.75 bits per heavy atom. The lowest BCUT2D eigenvalue weighted by Crippen LogP contribution is -2.31. The van der Waals surface area contributed by atoms with Crippen LogP contribution in [0, 0.1) is 0 Å². The molecule has 20 heavy (non-hydrogen) atoms. The van der Waals surface area contributed by atoms with Crippen molar-refractivity contribution in [2.45, 2.75) is 6.04 Å². The number of para-hydroxylation sites is 1. The van der Waals surface area contributed by atoms with E-state index in [9.17, 15) is 9.90 Å². The molecule has 0 saturated carbocycles. The van der Waals surface area contributed by atoms with E-state index in [1.54, 1.807) is 13.1 Å². The zero-order valence-electron chi connectivity index (χ0n) is 11.3. The molecule has 0 spiro atoms. The van der Waals surface area contributed by atoms with Crippen molar-refractivity contribution in [1.29, 1.82) is 0 Å². The van der Waals surface area contributed by atoms with E-state index >= 15 is 0 Å². The predicted molar refractivity (Wildman–Crippen MR) is 79.7 cm³/mol. The molecular weight excluding hydrogens is 252 g/mol. The highest BCUT2D eigenvalue weighted by molar-refractivity contribution is 5.99. The van der Waals surface area contributed by atoms with E-state index < -0.39 is 6.04 Å². The number of carbonyl (C=O) groups is 1. The SMILES string of the molecule is CNc1ccccc1C(=O)N[C@H](CO)c1ccccc1. The third-order valence-corrected chi connectivity index (χ3v) is 3.13. The van der Waals surface area contributed by atoms with Crippen LogP contribution < -0.4 is 10.6 Å². The van der Waals surface area contributed by atoms with E-state index in [-0.39, 0.29) is 12.5 Å². The average molecular weight is 270 g/mol. The average Bonchev–Trinajstić information content (AvgIpc) is 2.53. The molecule has 2 aromatic rings. The van der Waals surface area contributed by atoms with Crippen LogP contribution in [0.4, 0.5) is 5.69 Å². The lowest BCUT2D eigenvalue weighted by molar-refractivity contribution is 0.0917. The van der Waals surface area contributed by atoms with Gasteiger partial charge in [-0.2, -0.15) is 0 Å². The topological polar surface area (TPSA) is 61.4 Å². The Labute approximate surface area is 118 Å². The summed E-state index contributed by atoms with van der Waals surface area (Å²) >= 11 is 0. The summed E-state index contributed by atoms with van der Waals surface area (Å²) in [6.45, 7) is -0.141. The third-order valence-electron chi connectivity index (χ3n) is 3.13. The van der Waals surface area contributed by atoms with Gasteiger partial charge in [-0.05, 0) is 17.7 Å². The molecule has 0 saturated heterocycles. The maximum atomic E-state index is 12.3. The largest absolute Gasteiger partial charge is 0.394 e. The summed E-state index contributed by atoms with van der Waals surface area (Å²) in [6.07, 6.45) is 0. The first-order valence-corrected chi connectivity index (χ1v) is 6.49. The summed E-state index contributed by atoms with van der Waals surface area (Å²) in [6, 6.07) is 16.3. The normalized spacial score (nSPS) is 11.7. The number of anilines is 1. The van der Waals surface area contributed by atoms with Crippen molar-refractivity contribution in [2.24, 2.45) is 0 Å². The molecule has 1 atom stereocenters. The maximum absolute atomic E-state index is 12.3. The quantitative estimate of drug-likeness (QED) is 0.780. The zero-order chi connectivity index (χ0) is 14.4. The highest BCUT2D eigenvalue weighted by atomic mass is 16.3. The van der Waals surface area contributed by atoms with Crippen LogP contribution in [0.3, 0.4) is 0 Å². The van der Waals surface area contributed by atoms with Crippen LogP contribution in [-0.2, 0) is 0 Å². The molecule has 0 aliphatic rings. The van der Waals surface area contributed by atoms with Crippen LogP contribution in [0.2, 0.25) is 0 Å². The first-order chi connectivity index (χ1) is 9.76. The summed E-state index contributed by atoms with van der Waals surface area (Å²) < 4.78 is 0. The molecule has 2 rings (SSSR count). The fourth-order valence-electron chi connectivity index (χ4n) is 2.05. The van der Waals surface area contributed by atoms with Gasteiger partial charge in [0.1, 0.15) is 0 Å². The van der Waals surface area contributed by atoms with Crippen LogP contribution in [-0.4, -0.2) is 24.7 Å². The molecular formula is C16H18N2O2. The minimum absolute atomic E-state index is 0.141. The van der Waals surface area contributed by atoms with Gasteiger partial charge in [-0.3, -0.25) is 4.79 Å². The van der Waals surface area contributed by atoms with Gasteiger partial charge in [-0.1, -0.05) is 42.5 Å². The summed E-state index contributed by atoms with van der Waals surface area (Å²) in [5.74, 6) is -0.210.